The quantitative estimate of drug-likeness (QED) is 0.612. The molecule has 1 saturated heterocycles. The van der Waals surface area contributed by atoms with Gasteiger partial charge in [0.15, 0.2) is 5.78 Å². The number of hydrogen-bond donors (Lipinski definition) is 2. The lowest BCUT2D eigenvalue weighted by Gasteiger charge is -2.26. The second kappa shape index (κ2) is 8.32. The molecule has 2 N–H and O–H groups in total. The molecule has 0 radical (unpaired) electrons. The minimum absolute atomic E-state index is 0.0709. The number of phenols is 1. The number of fused-ring (bicyclic) bond motifs is 2. The number of morpholine rings is 1. The molecule has 2 aromatic carbocycles. The van der Waals surface area contributed by atoms with Gasteiger partial charge in [-0.1, -0.05) is 18.2 Å². The maximum absolute atomic E-state index is 13.1. The molecule has 0 spiro atoms. The van der Waals surface area contributed by atoms with Gasteiger partial charge in [-0.25, -0.2) is 0 Å². The van der Waals surface area contributed by atoms with Crippen molar-refractivity contribution in [1.29, 1.82) is 0 Å². The smallest absolute Gasteiger partial charge is 0.201 e. The van der Waals surface area contributed by atoms with Crippen LogP contribution in [0.15, 0.2) is 30.3 Å². The first-order valence-electron chi connectivity index (χ1n) is 9.73. The van der Waals surface area contributed by atoms with Crippen LogP contribution < -0.4 is 4.74 Å². The fraction of sp³-hybridized carbons (Fsp3) is 0.364. The summed E-state index contributed by atoms with van der Waals surface area (Å²) >= 11 is 0. The van der Waals surface area contributed by atoms with Crippen LogP contribution in [-0.4, -0.2) is 66.1 Å². The molecule has 4 rings (SSSR count). The summed E-state index contributed by atoms with van der Waals surface area (Å²) < 4.78 is 11.2. The Labute approximate surface area is 168 Å². The molecule has 1 aliphatic heterocycles. The Morgan fingerprint density at radius 1 is 1.00 bits per heavy atom. The van der Waals surface area contributed by atoms with Crippen molar-refractivity contribution in [2.24, 2.45) is 0 Å². The lowest BCUT2D eigenvalue weighted by atomic mass is 9.82. The van der Waals surface area contributed by atoms with E-state index in [1.807, 2.05) is 0 Å². The van der Waals surface area contributed by atoms with Crippen LogP contribution >= 0.6 is 0 Å². The van der Waals surface area contributed by atoms with Gasteiger partial charge in [0, 0.05) is 36.3 Å². The van der Waals surface area contributed by atoms with Gasteiger partial charge in [-0.3, -0.25) is 14.5 Å². The highest BCUT2D eigenvalue weighted by Crippen LogP contribution is 2.38. The minimum Gasteiger partial charge on any atom is -0.507 e. The molecule has 0 saturated carbocycles. The van der Waals surface area contributed by atoms with Gasteiger partial charge in [-0.2, -0.15) is 0 Å². The zero-order valence-electron chi connectivity index (χ0n) is 16.0. The second-order valence-electron chi connectivity index (χ2n) is 7.15. The van der Waals surface area contributed by atoms with Crippen molar-refractivity contribution in [2.45, 2.75) is 13.0 Å². The van der Waals surface area contributed by atoms with Crippen LogP contribution in [0.3, 0.4) is 0 Å². The van der Waals surface area contributed by atoms with Gasteiger partial charge in [0.25, 0.3) is 0 Å². The summed E-state index contributed by atoms with van der Waals surface area (Å²) in [7, 11) is 0. The van der Waals surface area contributed by atoms with E-state index in [4.69, 9.17) is 9.47 Å². The van der Waals surface area contributed by atoms with E-state index in [0.717, 1.165) is 39.3 Å². The van der Waals surface area contributed by atoms with Gasteiger partial charge < -0.3 is 19.7 Å². The zero-order chi connectivity index (χ0) is 20.4. The Bertz CT molecular complexity index is 949. The number of carbonyl (C=O) groups is 2. The van der Waals surface area contributed by atoms with Crippen LogP contribution in [-0.2, 0) is 11.3 Å². The van der Waals surface area contributed by atoms with Gasteiger partial charge in [-0.15, -0.1) is 0 Å². The molecule has 0 amide bonds. The minimum atomic E-state index is -0.467. The van der Waals surface area contributed by atoms with Gasteiger partial charge in [0.05, 0.1) is 37.6 Å². The predicted molar refractivity (Wildman–Crippen MR) is 105 cm³/mol. The zero-order valence-corrected chi connectivity index (χ0v) is 16.0. The molecule has 2 aliphatic rings. The Morgan fingerprint density at radius 3 is 2.52 bits per heavy atom. The number of ketones is 2. The number of ether oxygens (including phenoxy) is 2. The fourth-order valence-electron chi connectivity index (χ4n) is 3.82. The summed E-state index contributed by atoms with van der Waals surface area (Å²) in [5.74, 6) is -0.822. The number of rotatable bonds is 6. The molecule has 152 valence electrons. The van der Waals surface area contributed by atoms with Crippen molar-refractivity contribution in [3.8, 4) is 11.5 Å². The van der Waals surface area contributed by atoms with Crippen molar-refractivity contribution in [3.63, 3.8) is 0 Å². The van der Waals surface area contributed by atoms with Gasteiger partial charge >= 0.3 is 0 Å². The van der Waals surface area contributed by atoms with Crippen LogP contribution in [0.2, 0.25) is 0 Å². The molecule has 2 aromatic rings. The predicted octanol–water partition coefficient (Wildman–Crippen LogP) is 1.76. The van der Waals surface area contributed by atoms with Crippen molar-refractivity contribution in [3.05, 3.63) is 58.1 Å². The number of carbonyl (C=O) groups excluding carboxylic acids is 2. The van der Waals surface area contributed by atoms with E-state index >= 15 is 0 Å². The van der Waals surface area contributed by atoms with Gasteiger partial charge in [0.1, 0.15) is 11.5 Å². The number of aromatic hydroxyl groups is 1. The monoisotopic (exact) mass is 397 g/mol. The largest absolute Gasteiger partial charge is 0.507 e. The lowest BCUT2D eigenvalue weighted by molar-refractivity contribution is 0.0357. The van der Waals surface area contributed by atoms with Crippen molar-refractivity contribution in [1.82, 2.24) is 4.90 Å². The molecule has 7 heteroatoms. The third-order valence-corrected chi connectivity index (χ3v) is 5.38. The van der Waals surface area contributed by atoms with Crippen LogP contribution in [0, 0.1) is 0 Å². The number of hydrogen-bond acceptors (Lipinski definition) is 7. The van der Waals surface area contributed by atoms with E-state index in [1.54, 1.807) is 18.2 Å². The third kappa shape index (κ3) is 3.64. The van der Waals surface area contributed by atoms with Crippen LogP contribution in [0.4, 0.5) is 0 Å². The third-order valence-electron chi connectivity index (χ3n) is 5.38. The first-order chi connectivity index (χ1) is 14.1. The van der Waals surface area contributed by atoms with Gasteiger partial charge in [-0.05, 0) is 18.6 Å². The molecular weight excluding hydrogens is 374 g/mol. The molecule has 1 aliphatic carbocycles. The van der Waals surface area contributed by atoms with Crippen LogP contribution in [0.25, 0.3) is 0 Å². The summed E-state index contributed by atoms with van der Waals surface area (Å²) in [5, 5.41) is 19.8. The molecule has 7 nitrogen and oxygen atoms in total. The van der Waals surface area contributed by atoms with E-state index < -0.39 is 12.4 Å². The summed E-state index contributed by atoms with van der Waals surface area (Å²) in [6.45, 7) is 4.13. The maximum atomic E-state index is 13.1. The topological polar surface area (TPSA) is 96.3 Å². The Kier molecular flexibility index (Phi) is 5.62. The first kappa shape index (κ1) is 19.6. The van der Waals surface area contributed by atoms with Crippen molar-refractivity contribution >= 4 is 11.6 Å². The highest BCUT2D eigenvalue weighted by atomic mass is 16.5. The van der Waals surface area contributed by atoms with Crippen LogP contribution in [0.1, 0.15) is 43.8 Å². The molecule has 1 heterocycles. The van der Waals surface area contributed by atoms with E-state index in [9.17, 15) is 19.8 Å². The first-order valence-corrected chi connectivity index (χ1v) is 9.73. The summed E-state index contributed by atoms with van der Waals surface area (Å²) in [6.07, 6.45) is 0.780. The second-order valence-corrected chi connectivity index (χ2v) is 7.15. The summed E-state index contributed by atoms with van der Waals surface area (Å²) in [6, 6.07) is 7.87. The molecule has 0 bridgehead atoms. The van der Waals surface area contributed by atoms with E-state index in [0.29, 0.717) is 12.4 Å². The normalized spacial score (nSPS) is 16.4. The highest BCUT2D eigenvalue weighted by Gasteiger charge is 2.35. The van der Waals surface area contributed by atoms with Crippen LogP contribution in [0.5, 0.6) is 11.5 Å². The Balaban J connectivity index is 1.55. The lowest BCUT2D eigenvalue weighted by Crippen LogP contribution is -2.37. The molecule has 1 fully saturated rings. The van der Waals surface area contributed by atoms with E-state index in [1.165, 1.54) is 12.1 Å². The molecule has 0 atom stereocenters. The Morgan fingerprint density at radius 2 is 1.76 bits per heavy atom. The summed E-state index contributed by atoms with van der Waals surface area (Å²) in [5.41, 5.74) is 0.712. The maximum Gasteiger partial charge on any atom is 0.201 e. The number of aliphatic hydroxyl groups excluding tert-OH is 1. The molecule has 0 aromatic heterocycles. The number of aliphatic hydroxyl groups is 1. The molecule has 29 heavy (non-hydrogen) atoms. The number of benzene rings is 2. The number of nitrogens with zero attached hydrogens (tertiary/aromatic N) is 1. The average Bonchev–Trinajstić information content (AvgIpc) is 2.75. The highest BCUT2D eigenvalue weighted by molar-refractivity contribution is 6.30. The standard InChI is InChI=1S/C22H23NO6/c24-13-14-5-6-16-19(20(14)25)22(27)18-15(21(16)26)3-1-4-17(18)29-10-2-7-23-8-11-28-12-9-23/h1,3-6,24-25H,2,7-13H2. The van der Waals surface area contributed by atoms with Crippen molar-refractivity contribution < 1.29 is 29.3 Å². The van der Waals surface area contributed by atoms with E-state index in [-0.39, 0.29) is 39.4 Å². The molecular formula is C22H23NO6. The molecule has 0 unspecified atom stereocenters. The fourth-order valence-corrected chi connectivity index (χ4v) is 3.82. The Hall–Kier alpha value is -2.74. The average molecular weight is 397 g/mol. The van der Waals surface area contributed by atoms with Gasteiger partial charge in [0.2, 0.25) is 5.78 Å². The SMILES string of the molecule is O=C1c2cccc(OCCCN3CCOCC3)c2C(=O)c2c1ccc(CO)c2O. The summed E-state index contributed by atoms with van der Waals surface area (Å²) in [4.78, 5) is 28.3. The van der Waals surface area contributed by atoms with Crippen molar-refractivity contribution in [2.75, 3.05) is 39.5 Å². The van der Waals surface area contributed by atoms with E-state index in [2.05, 4.69) is 4.90 Å².